The standard InChI is InChI=1S/C27H31F3N2O2/c1-17-15-21(19-5-3-18(16-31)4-6-19)9-14-24(17)32(23-12-13-23)25(33)20-7-10-22(11-8-20)26(2,34)27(28,29)30/h3-5,7-8,10-11,17,19,21,23-24,34H,6,9,12-15H2,1-2H3/t17-,19?,21+,24+,26-/m0/s1. The van der Waals surface area contributed by atoms with Crippen molar-refractivity contribution in [2.75, 3.05) is 0 Å². The normalized spacial score (nSPS) is 29.0. The van der Waals surface area contributed by atoms with Crippen molar-refractivity contribution >= 4 is 5.91 Å². The minimum atomic E-state index is -4.80. The van der Waals surface area contributed by atoms with Crippen LogP contribution >= 0.6 is 0 Å². The van der Waals surface area contributed by atoms with Crippen molar-refractivity contribution in [3.63, 3.8) is 0 Å². The van der Waals surface area contributed by atoms with Crippen molar-refractivity contribution in [1.29, 1.82) is 5.26 Å². The molecule has 1 aromatic rings. The second-order valence-electron chi connectivity index (χ2n) is 10.2. The van der Waals surface area contributed by atoms with E-state index in [2.05, 4.69) is 19.1 Å². The number of alkyl halides is 3. The average molecular weight is 473 g/mol. The first-order valence-corrected chi connectivity index (χ1v) is 12.0. The average Bonchev–Trinajstić information content (AvgIpc) is 3.65. The molecular formula is C27H31F3N2O2. The molecule has 0 saturated heterocycles. The zero-order valence-corrected chi connectivity index (χ0v) is 19.6. The lowest BCUT2D eigenvalue weighted by Crippen LogP contribution is -2.48. The maximum atomic E-state index is 13.5. The Morgan fingerprint density at radius 3 is 2.32 bits per heavy atom. The van der Waals surface area contributed by atoms with Gasteiger partial charge < -0.3 is 10.0 Å². The third-order valence-electron chi connectivity index (χ3n) is 7.81. The SMILES string of the molecule is C[C@H]1C[C@H](C2C=CC(C#N)=CC2)CC[C@H]1N(C(=O)c1ccc([C@](C)(O)C(F)(F)F)cc1)C1CC1. The minimum Gasteiger partial charge on any atom is -0.376 e. The Labute approximate surface area is 198 Å². The van der Waals surface area contributed by atoms with Crippen molar-refractivity contribution in [2.45, 2.75) is 76.2 Å². The van der Waals surface area contributed by atoms with Crippen LogP contribution in [-0.2, 0) is 5.60 Å². The van der Waals surface area contributed by atoms with E-state index >= 15 is 0 Å². The Balaban J connectivity index is 1.46. The van der Waals surface area contributed by atoms with E-state index in [1.807, 2.05) is 17.1 Å². The predicted molar refractivity (Wildman–Crippen MR) is 122 cm³/mol. The quantitative estimate of drug-likeness (QED) is 0.581. The van der Waals surface area contributed by atoms with Crippen LogP contribution in [0.3, 0.4) is 0 Å². The molecular weight excluding hydrogens is 441 g/mol. The number of allylic oxidation sites excluding steroid dienone is 4. The lowest BCUT2D eigenvalue weighted by atomic mass is 9.71. The second kappa shape index (κ2) is 9.22. The second-order valence-corrected chi connectivity index (χ2v) is 10.2. The van der Waals surface area contributed by atoms with Gasteiger partial charge in [0.25, 0.3) is 5.91 Å². The number of carbonyl (C=O) groups excluding carboxylic acids is 1. The fourth-order valence-corrected chi connectivity index (χ4v) is 5.48. The van der Waals surface area contributed by atoms with Crippen molar-refractivity contribution < 1.29 is 23.1 Å². The first-order valence-electron chi connectivity index (χ1n) is 12.0. The zero-order valence-electron chi connectivity index (χ0n) is 19.6. The van der Waals surface area contributed by atoms with E-state index in [4.69, 9.17) is 5.26 Å². The first kappa shape index (κ1) is 24.5. The van der Waals surface area contributed by atoms with E-state index in [1.165, 1.54) is 24.3 Å². The topological polar surface area (TPSA) is 64.3 Å². The van der Waals surface area contributed by atoms with E-state index < -0.39 is 11.8 Å². The molecule has 1 aromatic carbocycles. The number of rotatable bonds is 5. The summed E-state index contributed by atoms with van der Waals surface area (Å²) in [5.41, 5.74) is -2.18. The minimum absolute atomic E-state index is 0.104. The molecule has 2 saturated carbocycles. The van der Waals surface area contributed by atoms with Gasteiger partial charge in [-0.25, -0.2) is 0 Å². The molecule has 1 amide bonds. The largest absolute Gasteiger partial charge is 0.421 e. The molecule has 0 heterocycles. The fraction of sp³-hybridized carbons (Fsp3) is 0.556. The van der Waals surface area contributed by atoms with Crippen LogP contribution in [0.1, 0.15) is 68.3 Å². The molecule has 0 aromatic heterocycles. The highest BCUT2D eigenvalue weighted by Gasteiger charge is 2.51. The van der Waals surface area contributed by atoms with Crippen LogP contribution in [0.2, 0.25) is 0 Å². The van der Waals surface area contributed by atoms with Crippen molar-refractivity contribution in [1.82, 2.24) is 4.90 Å². The van der Waals surface area contributed by atoms with Crippen LogP contribution in [0.15, 0.2) is 48.1 Å². The maximum absolute atomic E-state index is 13.5. The number of amides is 1. The Morgan fingerprint density at radius 1 is 1.15 bits per heavy atom. The number of nitriles is 1. The Morgan fingerprint density at radius 2 is 1.82 bits per heavy atom. The zero-order chi connectivity index (χ0) is 24.7. The van der Waals surface area contributed by atoms with E-state index in [9.17, 15) is 23.1 Å². The summed E-state index contributed by atoms with van der Waals surface area (Å²) in [7, 11) is 0. The Hall–Kier alpha value is -2.59. The molecule has 0 bridgehead atoms. The van der Waals surface area contributed by atoms with Gasteiger partial charge in [0, 0.05) is 23.2 Å². The highest BCUT2D eigenvalue weighted by molar-refractivity contribution is 5.95. The number of nitrogens with zero attached hydrogens (tertiary/aromatic N) is 2. The molecule has 1 unspecified atom stereocenters. The molecule has 3 aliphatic rings. The number of benzene rings is 1. The van der Waals surface area contributed by atoms with Crippen molar-refractivity contribution in [2.24, 2.45) is 17.8 Å². The molecule has 5 atom stereocenters. The monoisotopic (exact) mass is 472 g/mol. The van der Waals surface area contributed by atoms with Crippen LogP contribution < -0.4 is 0 Å². The maximum Gasteiger partial charge on any atom is 0.421 e. The molecule has 0 spiro atoms. The van der Waals surface area contributed by atoms with E-state index in [0.29, 0.717) is 28.9 Å². The molecule has 182 valence electrons. The fourth-order valence-electron chi connectivity index (χ4n) is 5.48. The van der Waals surface area contributed by atoms with Gasteiger partial charge in [0.2, 0.25) is 0 Å². The number of carbonyl (C=O) groups is 1. The summed E-state index contributed by atoms with van der Waals surface area (Å²) in [4.78, 5) is 15.4. The lowest BCUT2D eigenvalue weighted by molar-refractivity contribution is -0.258. The molecule has 2 fully saturated rings. The molecule has 34 heavy (non-hydrogen) atoms. The van der Waals surface area contributed by atoms with E-state index in [-0.39, 0.29) is 23.6 Å². The van der Waals surface area contributed by atoms with Gasteiger partial charge in [-0.1, -0.05) is 31.2 Å². The van der Waals surface area contributed by atoms with Crippen LogP contribution in [0.4, 0.5) is 13.2 Å². The van der Waals surface area contributed by atoms with Gasteiger partial charge in [-0.15, -0.1) is 0 Å². The van der Waals surface area contributed by atoms with Gasteiger partial charge in [0.1, 0.15) is 0 Å². The smallest absolute Gasteiger partial charge is 0.376 e. The molecule has 7 heteroatoms. The van der Waals surface area contributed by atoms with Gasteiger partial charge in [0.15, 0.2) is 5.60 Å². The molecule has 4 nitrogen and oxygen atoms in total. The van der Waals surface area contributed by atoms with E-state index in [0.717, 1.165) is 45.4 Å². The van der Waals surface area contributed by atoms with Gasteiger partial charge in [0.05, 0.1) is 6.07 Å². The van der Waals surface area contributed by atoms with E-state index in [1.54, 1.807) is 0 Å². The summed E-state index contributed by atoms with van der Waals surface area (Å²) in [5, 5.41) is 19.0. The summed E-state index contributed by atoms with van der Waals surface area (Å²) >= 11 is 0. The molecule has 3 aliphatic carbocycles. The summed E-state index contributed by atoms with van der Waals surface area (Å²) in [6.45, 7) is 2.91. The highest BCUT2D eigenvalue weighted by atomic mass is 19.4. The van der Waals surface area contributed by atoms with Crippen molar-refractivity contribution in [3.05, 3.63) is 59.2 Å². The summed E-state index contributed by atoms with van der Waals surface area (Å²) in [6.07, 6.45) is 6.94. The first-order chi connectivity index (χ1) is 16.0. The number of hydrogen-bond donors (Lipinski definition) is 1. The predicted octanol–water partition coefficient (Wildman–Crippen LogP) is 5.89. The van der Waals surface area contributed by atoms with Gasteiger partial charge >= 0.3 is 6.18 Å². The number of hydrogen-bond acceptors (Lipinski definition) is 3. The third kappa shape index (κ3) is 4.79. The molecule has 1 N–H and O–H groups in total. The Bertz CT molecular complexity index is 1020. The van der Waals surface area contributed by atoms with Crippen molar-refractivity contribution in [3.8, 4) is 6.07 Å². The highest BCUT2D eigenvalue weighted by Crippen LogP contribution is 2.43. The van der Waals surface area contributed by atoms with Crippen LogP contribution in [0, 0.1) is 29.1 Å². The molecule has 0 aliphatic heterocycles. The van der Waals surface area contributed by atoms with Crippen LogP contribution in [0.5, 0.6) is 0 Å². The summed E-state index contributed by atoms with van der Waals surface area (Å²) in [5.74, 6) is 1.09. The number of aliphatic hydroxyl groups is 1. The van der Waals surface area contributed by atoms with Gasteiger partial charge in [-0.05, 0) is 87.0 Å². The molecule has 0 radical (unpaired) electrons. The van der Waals surface area contributed by atoms with Gasteiger partial charge in [-0.2, -0.15) is 18.4 Å². The summed E-state index contributed by atoms with van der Waals surface area (Å²) in [6, 6.07) is 7.67. The van der Waals surface area contributed by atoms with Gasteiger partial charge in [-0.3, -0.25) is 4.79 Å². The lowest BCUT2D eigenvalue weighted by Gasteiger charge is -2.43. The Kier molecular flexibility index (Phi) is 6.65. The number of halogens is 3. The third-order valence-corrected chi connectivity index (χ3v) is 7.81. The summed E-state index contributed by atoms with van der Waals surface area (Å²) < 4.78 is 39.5. The van der Waals surface area contributed by atoms with Crippen LogP contribution in [-0.4, -0.2) is 34.2 Å². The van der Waals surface area contributed by atoms with Crippen LogP contribution in [0.25, 0.3) is 0 Å². The molecule has 4 rings (SSSR count).